The smallest absolute Gasteiger partial charge is 0.306 e. The predicted octanol–water partition coefficient (Wildman–Crippen LogP) is 3.53. The molecule has 112 valence electrons. The summed E-state index contributed by atoms with van der Waals surface area (Å²) in [6.07, 6.45) is 9.08. The lowest BCUT2D eigenvalue weighted by Gasteiger charge is -2.27. The van der Waals surface area contributed by atoms with Crippen LogP contribution in [0.4, 0.5) is 0 Å². The van der Waals surface area contributed by atoms with E-state index in [0.29, 0.717) is 24.9 Å². The zero-order valence-corrected chi connectivity index (χ0v) is 12.7. The number of nitrogens with one attached hydrogen (secondary N) is 1. The lowest BCUT2D eigenvalue weighted by atomic mass is 9.85. The zero-order chi connectivity index (χ0) is 13.9. The second-order valence-corrected chi connectivity index (χ2v) is 5.92. The third kappa shape index (κ3) is 7.56. The van der Waals surface area contributed by atoms with Crippen LogP contribution in [-0.2, 0) is 9.53 Å². The third-order valence-corrected chi connectivity index (χ3v) is 4.14. The molecule has 3 nitrogen and oxygen atoms in total. The van der Waals surface area contributed by atoms with Gasteiger partial charge in [-0.3, -0.25) is 4.79 Å². The largest absolute Gasteiger partial charge is 0.466 e. The molecule has 1 N–H and O–H groups in total. The van der Waals surface area contributed by atoms with Gasteiger partial charge in [0.25, 0.3) is 0 Å². The van der Waals surface area contributed by atoms with Gasteiger partial charge in [0, 0.05) is 6.42 Å². The van der Waals surface area contributed by atoms with E-state index < -0.39 is 0 Å². The van der Waals surface area contributed by atoms with Crippen molar-refractivity contribution in [2.45, 2.75) is 65.2 Å². The molecule has 2 unspecified atom stereocenters. The van der Waals surface area contributed by atoms with E-state index in [1.165, 1.54) is 38.5 Å². The maximum absolute atomic E-state index is 11.7. The second-order valence-electron chi connectivity index (χ2n) is 5.92. The predicted molar refractivity (Wildman–Crippen MR) is 79.1 cm³/mol. The van der Waals surface area contributed by atoms with Crippen molar-refractivity contribution in [2.24, 2.45) is 11.8 Å². The molecule has 0 saturated carbocycles. The molecule has 1 rings (SSSR count). The van der Waals surface area contributed by atoms with Crippen LogP contribution in [0.3, 0.4) is 0 Å². The highest BCUT2D eigenvalue weighted by atomic mass is 16.5. The standard InChI is InChI=1S/C16H31NO2/c1-3-4-5-6-7-11-19-16(18)12-14(2)15-9-8-10-17-13-15/h14-15,17H,3-13H2,1-2H3. The molecule has 3 heteroatoms. The maximum Gasteiger partial charge on any atom is 0.306 e. The molecule has 2 atom stereocenters. The van der Waals surface area contributed by atoms with Crippen LogP contribution in [0.1, 0.15) is 65.2 Å². The Hall–Kier alpha value is -0.570. The van der Waals surface area contributed by atoms with Crippen LogP contribution in [0.25, 0.3) is 0 Å². The van der Waals surface area contributed by atoms with Crippen molar-refractivity contribution < 1.29 is 9.53 Å². The molecule has 0 amide bonds. The molecule has 0 aliphatic carbocycles. The van der Waals surface area contributed by atoms with E-state index in [1.54, 1.807) is 0 Å². The van der Waals surface area contributed by atoms with Gasteiger partial charge in [0.15, 0.2) is 0 Å². The fourth-order valence-electron chi connectivity index (χ4n) is 2.74. The normalized spacial score (nSPS) is 21.1. The first kappa shape index (κ1) is 16.5. The van der Waals surface area contributed by atoms with E-state index in [4.69, 9.17) is 4.74 Å². The number of ether oxygens (including phenoxy) is 1. The molecule has 0 spiro atoms. The number of carbonyl (C=O) groups excluding carboxylic acids is 1. The van der Waals surface area contributed by atoms with Gasteiger partial charge < -0.3 is 10.1 Å². The Labute approximate surface area is 118 Å². The summed E-state index contributed by atoms with van der Waals surface area (Å²) in [4.78, 5) is 11.7. The van der Waals surface area contributed by atoms with Crippen molar-refractivity contribution in [3.05, 3.63) is 0 Å². The Morgan fingerprint density at radius 1 is 1.32 bits per heavy atom. The summed E-state index contributed by atoms with van der Waals surface area (Å²) in [5, 5.41) is 3.41. The molecule has 0 aromatic carbocycles. The Bertz CT molecular complexity index is 237. The second kappa shape index (κ2) is 10.2. The zero-order valence-electron chi connectivity index (χ0n) is 12.7. The van der Waals surface area contributed by atoms with Crippen molar-refractivity contribution in [1.29, 1.82) is 0 Å². The molecule has 1 aliphatic rings. The van der Waals surface area contributed by atoms with Gasteiger partial charge in [0.2, 0.25) is 0 Å². The minimum atomic E-state index is -0.00596. The Kier molecular flexibility index (Phi) is 8.89. The van der Waals surface area contributed by atoms with E-state index in [0.717, 1.165) is 19.5 Å². The Morgan fingerprint density at radius 2 is 2.11 bits per heavy atom. The number of rotatable bonds is 9. The minimum Gasteiger partial charge on any atom is -0.466 e. The quantitative estimate of drug-likeness (QED) is 0.514. The third-order valence-electron chi connectivity index (χ3n) is 4.14. The minimum absolute atomic E-state index is 0.00596. The molecule has 1 aliphatic heterocycles. The van der Waals surface area contributed by atoms with Crippen LogP contribution >= 0.6 is 0 Å². The highest BCUT2D eigenvalue weighted by Gasteiger charge is 2.22. The lowest BCUT2D eigenvalue weighted by Crippen LogP contribution is -2.34. The summed E-state index contributed by atoms with van der Waals surface area (Å²) in [6, 6.07) is 0. The van der Waals surface area contributed by atoms with Crippen LogP contribution in [0, 0.1) is 11.8 Å². The van der Waals surface area contributed by atoms with Gasteiger partial charge in [-0.15, -0.1) is 0 Å². The fourth-order valence-corrected chi connectivity index (χ4v) is 2.74. The lowest BCUT2D eigenvalue weighted by molar-refractivity contribution is -0.145. The van der Waals surface area contributed by atoms with Crippen molar-refractivity contribution in [1.82, 2.24) is 5.32 Å². The average molecular weight is 269 g/mol. The summed E-state index contributed by atoms with van der Waals surface area (Å²) in [5.41, 5.74) is 0. The van der Waals surface area contributed by atoms with Crippen LogP contribution in [-0.4, -0.2) is 25.7 Å². The number of unbranched alkanes of at least 4 members (excludes halogenated alkanes) is 4. The molecule has 1 saturated heterocycles. The topological polar surface area (TPSA) is 38.3 Å². The average Bonchev–Trinajstić information content (AvgIpc) is 2.43. The summed E-state index contributed by atoms with van der Waals surface area (Å²) in [7, 11) is 0. The molecular weight excluding hydrogens is 238 g/mol. The number of piperidine rings is 1. The number of hydrogen-bond donors (Lipinski definition) is 1. The van der Waals surface area contributed by atoms with E-state index in [9.17, 15) is 4.79 Å². The van der Waals surface area contributed by atoms with Crippen molar-refractivity contribution in [2.75, 3.05) is 19.7 Å². The Balaban J connectivity index is 2.02. The summed E-state index contributed by atoms with van der Waals surface area (Å²) in [5.74, 6) is 1.08. The first-order valence-corrected chi connectivity index (χ1v) is 8.10. The van der Waals surface area contributed by atoms with Gasteiger partial charge in [-0.1, -0.05) is 39.5 Å². The molecule has 0 aromatic heterocycles. The van der Waals surface area contributed by atoms with Gasteiger partial charge in [-0.25, -0.2) is 0 Å². The highest BCUT2D eigenvalue weighted by Crippen LogP contribution is 2.22. The van der Waals surface area contributed by atoms with E-state index in [-0.39, 0.29) is 5.97 Å². The first-order chi connectivity index (χ1) is 9.24. The monoisotopic (exact) mass is 269 g/mol. The molecule has 1 fully saturated rings. The van der Waals surface area contributed by atoms with Gasteiger partial charge in [0.05, 0.1) is 6.61 Å². The van der Waals surface area contributed by atoms with Gasteiger partial charge >= 0.3 is 5.97 Å². The summed E-state index contributed by atoms with van der Waals surface area (Å²) in [6.45, 7) is 7.19. The Morgan fingerprint density at radius 3 is 2.79 bits per heavy atom. The number of esters is 1. The van der Waals surface area contributed by atoms with Gasteiger partial charge in [0.1, 0.15) is 0 Å². The van der Waals surface area contributed by atoms with Crippen LogP contribution in [0.5, 0.6) is 0 Å². The van der Waals surface area contributed by atoms with E-state index in [1.807, 2.05) is 0 Å². The van der Waals surface area contributed by atoms with Crippen molar-refractivity contribution in [3.8, 4) is 0 Å². The van der Waals surface area contributed by atoms with Crippen LogP contribution < -0.4 is 5.32 Å². The highest BCUT2D eigenvalue weighted by molar-refractivity contribution is 5.69. The molecule has 0 aromatic rings. The van der Waals surface area contributed by atoms with E-state index >= 15 is 0 Å². The number of carbonyl (C=O) groups is 1. The van der Waals surface area contributed by atoms with E-state index in [2.05, 4.69) is 19.2 Å². The van der Waals surface area contributed by atoms with Crippen LogP contribution in [0.15, 0.2) is 0 Å². The van der Waals surface area contributed by atoms with Crippen molar-refractivity contribution in [3.63, 3.8) is 0 Å². The maximum atomic E-state index is 11.7. The summed E-state index contributed by atoms with van der Waals surface area (Å²) >= 11 is 0. The van der Waals surface area contributed by atoms with Gasteiger partial charge in [-0.05, 0) is 44.2 Å². The van der Waals surface area contributed by atoms with Gasteiger partial charge in [-0.2, -0.15) is 0 Å². The van der Waals surface area contributed by atoms with Crippen molar-refractivity contribution >= 4 is 5.97 Å². The summed E-state index contributed by atoms with van der Waals surface area (Å²) < 4.78 is 5.32. The molecular formula is C16H31NO2. The molecule has 0 radical (unpaired) electrons. The fraction of sp³-hybridized carbons (Fsp3) is 0.938. The molecule has 1 heterocycles. The molecule has 19 heavy (non-hydrogen) atoms. The first-order valence-electron chi connectivity index (χ1n) is 8.10. The molecule has 0 bridgehead atoms. The number of hydrogen-bond acceptors (Lipinski definition) is 3. The van der Waals surface area contributed by atoms with Crippen LogP contribution in [0.2, 0.25) is 0 Å². The SMILES string of the molecule is CCCCCCCOC(=O)CC(C)C1CCCNC1.